The first-order valence-electron chi connectivity index (χ1n) is 7.91. The minimum Gasteiger partial charge on any atom is -0.366 e. The average Bonchev–Trinajstić information content (AvgIpc) is 3.21. The van der Waals surface area contributed by atoms with Crippen LogP contribution in [0, 0.1) is 10.1 Å². The first-order valence-corrected chi connectivity index (χ1v) is 8.89. The second-order valence-corrected chi connectivity index (χ2v) is 6.51. The third kappa shape index (κ3) is 4.51. The van der Waals surface area contributed by atoms with E-state index in [4.69, 9.17) is 5.73 Å². The van der Waals surface area contributed by atoms with Gasteiger partial charge in [0.25, 0.3) is 5.69 Å². The maximum absolute atomic E-state index is 12.1. The second-order valence-electron chi connectivity index (χ2n) is 5.50. The maximum Gasteiger partial charge on any atom is 0.283 e. The molecule has 142 valence electrons. The number of pyridine rings is 1. The number of amides is 2. The van der Waals surface area contributed by atoms with E-state index < -0.39 is 10.8 Å². The molecule has 2 amide bonds. The largest absolute Gasteiger partial charge is 0.366 e. The highest BCUT2D eigenvalue weighted by Gasteiger charge is 2.18. The Balaban J connectivity index is 1.63. The number of carbonyl (C=O) groups excluding carboxylic acids is 2. The van der Waals surface area contributed by atoms with Crippen molar-refractivity contribution in [3.05, 3.63) is 70.7 Å². The molecule has 0 aliphatic rings. The van der Waals surface area contributed by atoms with E-state index in [9.17, 15) is 19.7 Å². The van der Waals surface area contributed by atoms with Crippen molar-refractivity contribution in [3.63, 3.8) is 0 Å². The summed E-state index contributed by atoms with van der Waals surface area (Å²) in [6, 6.07) is 9.02. The van der Waals surface area contributed by atoms with Crippen LogP contribution in [0.15, 0.2) is 59.9 Å². The number of hydrogen-bond acceptors (Lipinski definition) is 7. The number of thioether (sulfide) groups is 1. The van der Waals surface area contributed by atoms with E-state index in [1.165, 1.54) is 18.3 Å². The lowest BCUT2D eigenvalue weighted by Crippen LogP contribution is -2.15. The molecule has 0 aliphatic carbocycles. The number of nitro benzene ring substituents is 1. The lowest BCUT2D eigenvalue weighted by molar-refractivity contribution is -0.387. The second kappa shape index (κ2) is 8.31. The maximum atomic E-state index is 12.1. The van der Waals surface area contributed by atoms with Crippen LogP contribution in [0.2, 0.25) is 0 Å². The van der Waals surface area contributed by atoms with Gasteiger partial charge >= 0.3 is 0 Å². The van der Waals surface area contributed by atoms with Gasteiger partial charge in [-0.15, -0.1) is 11.8 Å². The summed E-state index contributed by atoms with van der Waals surface area (Å²) in [7, 11) is 0. The number of nitrogens with zero attached hydrogens (tertiary/aromatic N) is 4. The molecule has 11 heteroatoms. The SMILES string of the molecule is NC(=O)c1ccc(SCC(=O)Nc2ccc(-n3cccn3)nc2)c([N+](=O)[O-])c1. The molecule has 3 N–H and O–H groups in total. The molecular weight excluding hydrogens is 384 g/mol. The first kappa shape index (κ1) is 19.0. The molecule has 0 bridgehead atoms. The van der Waals surface area contributed by atoms with E-state index in [1.807, 2.05) is 0 Å². The van der Waals surface area contributed by atoms with Gasteiger partial charge in [-0.2, -0.15) is 5.10 Å². The average molecular weight is 398 g/mol. The summed E-state index contributed by atoms with van der Waals surface area (Å²) in [6.45, 7) is 0. The van der Waals surface area contributed by atoms with Gasteiger partial charge in [0.05, 0.1) is 27.5 Å². The van der Waals surface area contributed by atoms with Crippen LogP contribution >= 0.6 is 11.8 Å². The predicted octanol–water partition coefficient (Wildman–Crippen LogP) is 2.01. The van der Waals surface area contributed by atoms with Crippen LogP contribution in [0.4, 0.5) is 11.4 Å². The van der Waals surface area contributed by atoms with Crippen LogP contribution in [-0.2, 0) is 4.79 Å². The summed E-state index contributed by atoms with van der Waals surface area (Å²) < 4.78 is 1.58. The summed E-state index contributed by atoms with van der Waals surface area (Å²) in [5.74, 6) is -0.574. The third-order valence-corrected chi connectivity index (χ3v) is 4.63. The fraction of sp³-hybridized carbons (Fsp3) is 0.0588. The molecular formula is C17H14N6O4S. The van der Waals surface area contributed by atoms with Crippen molar-refractivity contribution in [2.75, 3.05) is 11.1 Å². The van der Waals surface area contributed by atoms with Crippen molar-refractivity contribution in [3.8, 4) is 5.82 Å². The number of anilines is 1. The van der Waals surface area contributed by atoms with Gasteiger partial charge in [0.2, 0.25) is 11.8 Å². The Hall–Kier alpha value is -3.73. The van der Waals surface area contributed by atoms with Gasteiger partial charge < -0.3 is 11.1 Å². The van der Waals surface area contributed by atoms with E-state index >= 15 is 0 Å². The molecule has 28 heavy (non-hydrogen) atoms. The molecule has 3 rings (SSSR count). The predicted molar refractivity (Wildman–Crippen MR) is 102 cm³/mol. The number of nitrogens with one attached hydrogen (secondary N) is 1. The molecule has 0 radical (unpaired) electrons. The lowest BCUT2D eigenvalue weighted by atomic mass is 10.2. The number of primary amides is 1. The Morgan fingerprint density at radius 2 is 2.11 bits per heavy atom. The number of aromatic nitrogens is 3. The monoisotopic (exact) mass is 398 g/mol. The van der Waals surface area contributed by atoms with Gasteiger partial charge in [-0.1, -0.05) is 0 Å². The van der Waals surface area contributed by atoms with Crippen LogP contribution in [0.1, 0.15) is 10.4 Å². The van der Waals surface area contributed by atoms with Gasteiger partial charge in [0, 0.05) is 24.0 Å². The molecule has 0 saturated heterocycles. The fourth-order valence-electron chi connectivity index (χ4n) is 2.28. The molecule has 0 aliphatic heterocycles. The number of benzene rings is 1. The van der Waals surface area contributed by atoms with Gasteiger partial charge in [-0.3, -0.25) is 19.7 Å². The topological polar surface area (TPSA) is 146 Å². The summed E-state index contributed by atoms with van der Waals surface area (Å²) >= 11 is 0.984. The molecule has 10 nitrogen and oxygen atoms in total. The fourth-order valence-corrected chi connectivity index (χ4v) is 3.08. The number of carbonyl (C=O) groups is 2. The van der Waals surface area contributed by atoms with Crippen molar-refractivity contribution in [1.29, 1.82) is 0 Å². The Morgan fingerprint density at radius 1 is 1.29 bits per heavy atom. The Kier molecular flexibility index (Phi) is 5.65. The van der Waals surface area contributed by atoms with Gasteiger partial charge in [0.15, 0.2) is 5.82 Å². The zero-order valence-electron chi connectivity index (χ0n) is 14.3. The van der Waals surface area contributed by atoms with Crippen molar-refractivity contribution in [1.82, 2.24) is 14.8 Å². The zero-order chi connectivity index (χ0) is 20.1. The van der Waals surface area contributed by atoms with E-state index in [-0.39, 0.29) is 27.8 Å². The summed E-state index contributed by atoms with van der Waals surface area (Å²) in [5.41, 5.74) is 5.38. The molecule has 0 unspecified atom stereocenters. The zero-order valence-corrected chi connectivity index (χ0v) is 15.1. The quantitative estimate of drug-likeness (QED) is 0.351. The summed E-state index contributed by atoms with van der Waals surface area (Å²) in [6.07, 6.45) is 4.86. The molecule has 0 fully saturated rings. The normalized spacial score (nSPS) is 10.4. The highest BCUT2D eigenvalue weighted by Crippen LogP contribution is 2.30. The molecule has 0 spiro atoms. The number of rotatable bonds is 7. The minimum atomic E-state index is -0.761. The van der Waals surface area contributed by atoms with Crippen LogP contribution in [0.3, 0.4) is 0 Å². The lowest BCUT2D eigenvalue weighted by Gasteiger charge is -2.07. The van der Waals surface area contributed by atoms with Crippen molar-refractivity contribution < 1.29 is 14.5 Å². The van der Waals surface area contributed by atoms with Gasteiger partial charge in [0.1, 0.15) is 0 Å². The Bertz CT molecular complexity index is 1020. The van der Waals surface area contributed by atoms with Crippen LogP contribution < -0.4 is 11.1 Å². The van der Waals surface area contributed by atoms with Crippen molar-refractivity contribution in [2.24, 2.45) is 5.73 Å². The highest BCUT2D eigenvalue weighted by molar-refractivity contribution is 8.00. The number of hydrogen-bond donors (Lipinski definition) is 2. The van der Waals surface area contributed by atoms with Gasteiger partial charge in [-0.05, 0) is 30.3 Å². The van der Waals surface area contributed by atoms with Crippen molar-refractivity contribution >= 4 is 35.0 Å². The molecule has 3 aromatic rings. The van der Waals surface area contributed by atoms with E-state index in [1.54, 1.807) is 35.3 Å². The molecule has 2 heterocycles. The Labute approximate surface area is 162 Å². The van der Waals surface area contributed by atoms with Crippen LogP contribution in [-0.4, -0.2) is 37.3 Å². The van der Waals surface area contributed by atoms with Crippen molar-refractivity contribution in [2.45, 2.75) is 4.90 Å². The molecule has 2 aromatic heterocycles. The van der Waals surface area contributed by atoms with E-state index in [0.717, 1.165) is 17.8 Å². The number of nitro groups is 1. The standard InChI is InChI=1S/C17H14N6O4S/c18-17(25)11-2-4-14(13(8-11)23(26)27)28-10-16(24)21-12-3-5-15(19-9-12)22-7-1-6-20-22/h1-9H,10H2,(H2,18,25)(H,21,24). The number of nitrogens with two attached hydrogens (primary N) is 1. The van der Waals surface area contributed by atoms with Crippen LogP contribution in [0.25, 0.3) is 5.82 Å². The third-order valence-electron chi connectivity index (χ3n) is 3.57. The van der Waals surface area contributed by atoms with Crippen LogP contribution in [0.5, 0.6) is 0 Å². The molecule has 0 saturated carbocycles. The smallest absolute Gasteiger partial charge is 0.283 e. The summed E-state index contributed by atoms with van der Waals surface area (Å²) in [5, 5.41) is 17.9. The first-order chi connectivity index (χ1) is 13.4. The Morgan fingerprint density at radius 3 is 2.71 bits per heavy atom. The van der Waals surface area contributed by atoms with E-state index in [0.29, 0.717) is 11.5 Å². The highest BCUT2D eigenvalue weighted by atomic mass is 32.2. The molecule has 1 aromatic carbocycles. The molecule has 0 atom stereocenters. The minimum absolute atomic E-state index is 0.0313. The van der Waals surface area contributed by atoms with Gasteiger partial charge in [-0.25, -0.2) is 9.67 Å². The summed E-state index contributed by atoms with van der Waals surface area (Å²) in [4.78, 5) is 38.3. The van der Waals surface area contributed by atoms with E-state index in [2.05, 4.69) is 15.4 Å².